The molecule has 2 aromatic carbocycles. The van der Waals surface area contributed by atoms with E-state index < -0.39 is 0 Å². The van der Waals surface area contributed by atoms with E-state index in [0.29, 0.717) is 31.8 Å². The third-order valence-electron chi connectivity index (χ3n) is 5.29. The molecule has 2 N–H and O–H groups in total. The molecule has 0 unspecified atom stereocenters. The molecule has 4 heterocycles. The summed E-state index contributed by atoms with van der Waals surface area (Å²) < 4.78 is 3.70. The van der Waals surface area contributed by atoms with E-state index in [0.717, 1.165) is 26.0 Å². The first-order valence-electron chi connectivity index (χ1n) is 9.98. The number of thioether (sulfide) groups is 1. The van der Waals surface area contributed by atoms with Crippen LogP contribution in [0, 0.1) is 0 Å². The molecule has 4 aromatic heterocycles. The van der Waals surface area contributed by atoms with Crippen LogP contribution in [0.25, 0.3) is 36.5 Å². The van der Waals surface area contributed by atoms with Crippen molar-refractivity contribution in [2.24, 2.45) is 0 Å². The van der Waals surface area contributed by atoms with E-state index in [9.17, 15) is 9.59 Å². The molecule has 7 nitrogen and oxygen atoms in total. The first kappa shape index (κ1) is 20.2. The molecule has 10 heteroatoms. The Balaban J connectivity index is 1.36. The highest BCUT2D eigenvalue weighted by Crippen LogP contribution is 2.32. The van der Waals surface area contributed by atoms with Crippen molar-refractivity contribution in [3.63, 3.8) is 0 Å². The number of fused-ring (bicyclic) bond motifs is 4. The largest absolute Gasteiger partial charge is 0.334 e. The van der Waals surface area contributed by atoms with Gasteiger partial charge in [-0.3, -0.25) is 14.0 Å². The maximum absolute atomic E-state index is 13.1. The first-order valence-corrected chi connectivity index (χ1v) is 12.7. The van der Waals surface area contributed by atoms with Crippen LogP contribution in [-0.2, 0) is 5.75 Å². The van der Waals surface area contributed by atoms with Gasteiger partial charge in [0.05, 0.1) is 21.3 Å². The van der Waals surface area contributed by atoms with Gasteiger partial charge in [-0.2, -0.15) is 0 Å². The molecule has 0 aliphatic carbocycles. The number of nitrogens with two attached hydrogens (primary N) is 1. The second-order valence-electron chi connectivity index (χ2n) is 7.33. The highest BCUT2D eigenvalue weighted by Gasteiger charge is 2.17. The van der Waals surface area contributed by atoms with Crippen LogP contribution in [0.3, 0.4) is 0 Å². The maximum atomic E-state index is 13.1. The van der Waals surface area contributed by atoms with Crippen molar-refractivity contribution in [3.05, 3.63) is 92.4 Å². The Labute approximate surface area is 198 Å². The van der Waals surface area contributed by atoms with E-state index in [1.54, 1.807) is 4.40 Å². The van der Waals surface area contributed by atoms with Gasteiger partial charge in [-0.05, 0) is 17.7 Å². The Kier molecular flexibility index (Phi) is 4.79. The molecule has 0 amide bonds. The standard InChI is InChI=1S/C23H15N5O2S3/c24-28-21(30)19-15(13-6-2-1-3-7-13)12-31-20(19)26-23(28)32-11-14-10-18(29)27-16-8-4-5-9-17(16)33-22(27)25-14/h1-10,12H,11,24H2. The van der Waals surface area contributed by atoms with Gasteiger partial charge in [0.1, 0.15) is 4.83 Å². The van der Waals surface area contributed by atoms with Crippen molar-refractivity contribution in [2.45, 2.75) is 10.9 Å². The average molecular weight is 490 g/mol. The molecule has 0 saturated heterocycles. The molecule has 33 heavy (non-hydrogen) atoms. The second-order valence-corrected chi connectivity index (χ2v) is 10.1. The number of benzene rings is 2. The third-order valence-corrected chi connectivity index (χ3v) is 8.17. The number of aromatic nitrogens is 4. The van der Waals surface area contributed by atoms with E-state index in [-0.39, 0.29) is 11.1 Å². The molecule has 0 atom stereocenters. The van der Waals surface area contributed by atoms with Crippen molar-refractivity contribution < 1.29 is 0 Å². The molecule has 0 spiro atoms. The van der Waals surface area contributed by atoms with E-state index in [1.165, 1.54) is 40.5 Å². The Morgan fingerprint density at radius 3 is 2.64 bits per heavy atom. The van der Waals surface area contributed by atoms with Gasteiger partial charge in [0.25, 0.3) is 11.1 Å². The summed E-state index contributed by atoms with van der Waals surface area (Å²) in [5, 5.41) is 2.83. The lowest BCUT2D eigenvalue weighted by Crippen LogP contribution is -2.29. The molecule has 162 valence electrons. The van der Waals surface area contributed by atoms with Crippen LogP contribution >= 0.6 is 34.4 Å². The highest BCUT2D eigenvalue weighted by molar-refractivity contribution is 7.98. The highest BCUT2D eigenvalue weighted by atomic mass is 32.2. The van der Waals surface area contributed by atoms with E-state index in [2.05, 4.69) is 9.97 Å². The van der Waals surface area contributed by atoms with Crippen LogP contribution < -0.4 is 17.0 Å². The van der Waals surface area contributed by atoms with Crippen LogP contribution in [0.15, 0.2) is 80.8 Å². The Morgan fingerprint density at radius 1 is 1.00 bits per heavy atom. The lowest BCUT2D eigenvalue weighted by atomic mass is 10.1. The van der Waals surface area contributed by atoms with Gasteiger partial charge < -0.3 is 5.84 Å². The predicted molar refractivity (Wildman–Crippen MR) is 136 cm³/mol. The normalized spacial score (nSPS) is 11.6. The summed E-state index contributed by atoms with van der Waals surface area (Å²) in [6.45, 7) is 0. The zero-order valence-corrected chi connectivity index (χ0v) is 19.4. The van der Waals surface area contributed by atoms with Gasteiger partial charge >= 0.3 is 0 Å². The van der Waals surface area contributed by atoms with Gasteiger partial charge in [0.2, 0.25) is 0 Å². The van der Waals surface area contributed by atoms with Gasteiger partial charge in [-0.1, -0.05) is 65.6 Å². The molecular weight excluding hydrogens is 474 g/mol. The number of rotatable bonds is 4. The fraction of sp³-hybridized carbons (Fsp3) is 0.0435. The lowest BCUT2D eigenvalue weighted by molar-refractivity contribution is 0.781. The van der Waals surface area contributed by atoms with Crippen LogP contribution in [0.1, 0.15) is 5.69 Å². The molecule has 6 rings (SSSR count). The van der Waals surface area contributed by atoms with Crippen molar-refractivity contribution in [1.29, 1.82) is 0 Å². The number of para-hydroxylation sites is 1. The quantitative estimate of drug-likeness (QED) is 0.225. The summed E-state index contributed by atoms with van der Waals surface area (Å²) in [6, 6.07) is 19.0. The smallest absolute Gasteiger partial charge is 0.282 e. The molecule has 0 fully saturated rings. The topological polar surface area (TPSA) is 95.3 Å². The lowest BCUT2D eigenvalue weighted by Gasteiger charge is -2.07. The second kappa shape index (κ2) is 7.84. The Morgan fingerprint density at radius 2 is 1.79 bits per heavy atom. The summed E-state index contributed by atoms with van der Waals surface area (Å²) in [6.07, 6.45) is 0. The molecule has 0 aliphatic rings. The molecule has 6 aromatic rings. The number of thiophene rings is 1. The summed E-state index contributed by atoms with van der Waals surface area (Å²) in [7, 11) is 0. The summed E-state index contributed by atoms with van der Waals surface area (Å²) >= 11 is 4.17. The van der Waals surface area contributed by atoms with Crippen molar-refractivity contribution >= 4 is 59.8 Å². The monoisotopic (exact) mass is 489 g/mol. The minimum absolute atomic E-state index is 0.132. The molecule has 0 aliphatic heterocycles. The number of nitrogen functional groups attached to an aromatic ring is 1. The number of hydrogen-bond donors (Lipinski definition) is 1. The zero-order valence-electron chi connectivity index (χ0n) is 17.0. The minimum Gasteiger partial charge on any atom is -0.334 e. The van der Waals surface area contributed by atoms with Crippen LogP contribution in [0.4, 0.5) is 0 Å². The summed E-state index contributed by atoms with van der Waals surface area (Å²) in [4.78, 5) is 36.4. The van der Waals surface area contributed by atoms with E-state index >= 15 is 0 Å². The zero-order chi connectivity index (χ0) is 22.5. The summed E-state index contributed by atoms with van der Waals surface area (Å²) in [5.41, 5.74) is 2.81. The maximum Gasteiger partial charge on any atom is 0.282 e. The van der Waals surface area contributed by atoms with Crippen LogP contribution in [0.2, 0.25) is 0 Å². The molecule has 0 radical (unpaired) electrons. The van der Waals surface area contributed by atoms with Gasteiger partial charge in [-0.25, -0.2) is 14.6 Å². The number of hydrogen-bond acceptors (Lipinski definition) is 8. The van der Waals surface area contributed by atoms with Crippen molar-refractivity contribution in [3.8, 4) is 11.1 Å². The molecule has 0 bridgehead atoms. The van der Waals surface area contributed by atoms with Crippen LogP contribution in [0.5, 0.6) is 0 Å². The van der Waals surface area contributed by atoms with Gasteiger partial charge in [0.15, 0.2) is 10.1 Å². The number of nitrogens with zero attached hydrogens (tertiary/aromatic N) is 4. The fourth-order valence-electron chi connectivity index (χ4n) is 3.75. The third kappa shape index (κ3) is 3.34. The number of thiazole rings is 1. The van der Waals surface area contributed by atoms with E-state index in [1.807, 2.05) is 60.0 Å². The SMILES string of the molecule is Nn1c(SCc2cc(=O)n3c(n2)sc2ccccc23)nc2scc(-c3ccccc3)c2c1=O. The van der Waals surface area contributed by atoms with Crippen molar-refractivity contribution in [1.82, 2.24) is 19.0 Å². The van der Waals surface area contributed by atoms with E-state index in [4.69, 9.17) is 5.84 Å². The molecular formula is C23H15N5O2S3. The Bertz CT molecular complexity index is 1780. The van der Waals surface area contributed by atoms with Crippen molar-refractivity contribution in [2.75, 3.05) is 5.84 Å². The van der Waals surface area contributed by atoms with Gasteiger partial charge in [-0.15, -0.1) is 11.3 Å². The minimum atomic E-state index is -0.296. The molecule has 0 saturated carbocycles. The first-order chi connectivity index (χ1) is 16.1. The fourth-order valence-corrected chi connectivity index (χ4v) is 6.60. The Hall–Kier alpha value is -3.47. The summed E-state index contributed by atoms with van der Waals surface area (Å²) in [5.74, 6) is 6.50. The average Bonchev–Trinajstić information content (AvgIpc) is 3.42. The van der Waals surface area contributed by atoms with Crippen LogP contribution in [-0.4, -0.2) is 19.0 Å². The predicted octanol–water partition coefficient (Wildman–Crippen LogP) is 4.35. The van der Waals surface area contributed by atoms with Gasteiger partial charge in [0, 0.05) is 22.8 Å².